The molecule has 0 aromatic carbocycles. The zero-order valence-corrected chi connectivity index (χ0v) is 16.3. The maximum atomic E-state index is 12.1. The molecule has 1 amide bonds. The van der Waals surface area contributed by atoms with Crippen LogP contribution < -0.4 is 5.32 Å². The largest absolute Gasteiger partial charge is 0.449 e. The molecule has 27 heavy (non-hydrogen) atoms. The Kier molecular flexibility index (Phi) is 5.65. The number of carbonyl (C=O) groups excluding carboxylic acids is 2. The van der Waals surface area contributed by atoms with E-state index in [9.17, 15) is 9.59 Å². The number of ether oxygens (including phenoxy) is 1. The highest BCUT2D eigenvalue weighted by Crippen LogP contribution is 2.38. The number of carbonyl (C=O) groups is 2. The Morgan fingerprint density at radius 2 is 2.11 bits per heavy atom. The third-order valence-corrected chi connectivity index (χ3v) is 4.70. The Balaban J connectivity index is 1.56. The van der Waals surface area contributed by atoms with E-state index in [4.69, 9.17) is 16.3 Å². The second-order valence-corrected chi connectivity index (χ2v) is 7.13. The van der Waals surface area contributed by atoms with Crippen molar-refractivity contribution >= 4 is 35.4 Å². The number of anilines is 1. The number of esters is 1. The van der Waals surface area contributed by atoms with Gasteiger partial charge in [0.1, 0.15) is 5.82 Å². The number of hydrogen-bond acceptors (Lipinski definition) is 4. The SMILES string of the molecule is Cc1cc(/C=C/C(=O)O[C@H](C)C(=O)Nc2ccc(Cl)cn2)c(C)n1C1CC1. The van der Waals surface area contributed by atoms with Gasteiger partial charge >= 0.3 is 5.97 Å². The van der Waals surface area contributed by atoms with Crippen molar-refractivity contribution in [3.8, 4) is 0 Å². The molecule has 2 aromatic rings. The lowest BCUT2D eigenvalue weighted by atomic mass is 10.2. The molecular weight excluding hydrogens is 366 g/mol. The third-order valence-electron chi connectivity index (χ3n) is 4.48. The lowest BCUT2D eigenvalue weighted by Gasteiger charge is -2.11. The van der Waals surface area contributed by atoms with Gasteiger partial charge in [-0.1, -0.05) is 11.6 Å². The summed E-state index contributed by atoms with van der Waals surface area (Å²) in [7, 11) is 0. The number of hydrogen-bond donors (Lipinski definition) is 1. The Bertz CT molecular complexity index is 883. The van der Waals surface area contributed by atoms with Gasteiger partial charge in [-0.3, -0.25) is 4.79 Å². The number of nitrogens with one attached hydrogen (secondary N) is 1. The first-order valence-corrected chi connectivity index (χ1v) is 9.22. The first-order chi connectivity index (χ1) is 12.8. The second-order valence-electron chi connectivity index (χ2n) is 6.69. The van der Waals surface area contributed by atoms with Crippen LogP contribution in [0.1, 0.15) is 42.8 Å². The molecule has 3 rings (SSSR count). The van der Waals surface area contributed by atoms with Gasteiger partial charge in [0.15, 0.2) is 6.10 Å². The minimum absolute atomic E-state index is 0.343. The number of halogens is 1. The lowest BCUT2D eigenvalue weighted by molar-refractivity contribution is -0.148. The summed E-state index contributed by atoms with van der Waals surface area (Å²) < 4.78 is 7.47. The number of aromatic nitrogens is 2. The Hall–Kier alpha value is -2.60. The van der Waals surface area contributed by atoms with Gasteiger partial charge in [-0.05, 0) is 63.5 Å². The molecule has 2 heterocycles. The fourth-order valence-electron chi connectivity index (χ4n) is 2.97. The van der Waals surface area contributed by atoms with E-state index in [-0.39, 0.29) is 0 Å². The molecule has 1 N–H and O–H groups in total. The standard InChI is InChI=1S/C20H22ClN3O3/c1-12-10-15(13(2)24(12)17-6-7-17)4-9-19(25)27-14(3)20(26)23-18-8-5-16(21)11-22-18/h4-5,8-11,14,17H,6-7H2,1-3H3,(H,22,23,26)/b9-4+/t14-/m1/s1. The number of rotatable bonds is 6. The lowest BCUT2D eigenvalue weighted by Crippen LogP contribution is -2.29. The molecule has 1 aliphatic carbocycles. The predicted molar refractivity (Wildman–Crippen MR) is 105 cm³/mol. The second kappa shape index (κ2) is 7.96. The Morgan fingerprint density at radius 1 is 1.37 bits per heavy atom. The molecule has 0 bridgehead atoms. The summed E-state index contributed by atoms with van der Waals surface area (Å²) in [6.45, 7) is 5.62. The normalized spacial score (nSPS) is 15.0. The van der Waals surface area contributed by atoms with Crippen molar-refractivity contribution in [2.45, 2.75) is 45.8 Å². The molecule has 1 fully saturated rings. The van der Waals surface area contributed by atoms with Gasteiger partial charge < -0.3 is 14.6 Å². The molecule has 0 aliphatic heterocycles. The average Bonchev–Trinajstić information content (AvgIpc) is 3.41. The van der Waals surface area contributed by atoms with Crippen LogP contribution in [0, 0.1) is 13.8 Å². The molecule has 6 nitrogen and oxygen atoms in total. The topological polar surface area (TPSA) is 73.2 Å². The van der Waals surface area contributed by atoms with Gasteiger partial charge in [-0.25, -0.2) is 9.78 Å². The number of pyridine rings is 1. The summed E-state index contributed by atoms with van der Waals surface area (Å²) in [6, 6.07) is 5.83. The molecule has 1 aliphatic rings. The molecule has 0 radical (unpaired) electrons. The third kappa shape index (κ3) is 4.77. The van der Waals surface area contributed by atoms with Crippen molar-refractivity contribution < 1.29 is 14.3 Å². The van der Waals surface area contributed by atoms with Crippen molar-refractivity contribution in [1.82, 2.24) is 9.55 Å². The van der Waals surface area contributed by atoms with E-state index < -0.39 is 18.0 Å². The van der Waals surface area contributed by atoms with Gasteiger partial charge in [-0.15, -0.1) is 0 Å². The first kappa shape index (κ1) is 19.2. The molecule has 7 heteroatoms. The van der Waals surface area contributed by atoms with Gasteiger partial charge in [-0.2, -0.15) is 0 Å². The van der Waals surface area contributed by atoms with Gasteiger partial charge in [0.2, 0.25) is 0 Å². The molecule has 142 valence electrons. The van der Waals surface area contributed by atoms with Crippen LogP contribution >= 0.6 is 11.6 Å². The minimum atomic E-state index is -0.946. The van der Waals surface area contributed by atoms with E-state index in [2.05, 4.69) is 27.9 Å². The van der Waals surface area contributed by atoms with Crippen LogP contribution in [-0.4, -0.2) is 27.5 Å². The molecule has 0 saturated heterocycles. The van der Waals surface area contributed by atoms with E-state index >= 15 is 0 Å². The van der Waals surface area contributed by atoms with Crippen LogP contribution in [0.15, 0.2) is 30.5 Å². The molecule has 2 aromatic heterocycles. The summed E-state index contributed by atoms with van der Waals surface area (Å²) >= 11 is 5.75. The number of amides is 1. The Morgan fingerprint density at radius 3 is 2.74 bits per heavy atom. The van der Waals surface area contributed by atoms with E-state index in [1.54, 1.807) is 18.2 Å². The van der Waals surface area contributed by atoms with E-state index in [0.717, 1.165) is 11.3 Å². The maximum Gasteiger partial charge on any atom is 0.331 e. The van der Waals surface area contributed by atoms with Crippen molar-refractivity contribution in [1.29, 1.82) is 0 Å². The van der Waals surface area contributed by atoms with Crippen LogP contribution in [0.2, 0.25) is 5.02 Å². The first-order valence-electron chi connectivity index (χ1n) is 8.84. The molecule has 0 unspecified atom stereocenters. The van der Waals surface area contributed by atoms with E-state index in [1.165, 1.54) is 37.7 Å². The molecule has 1 saturated carbocycles. The van der Waals surface area contributed by atoms with Crippen molar-refractivity contribution in [3.05, 3.63) is 52.4 Å². The fourth-order valence-corrected chi connectivity index (χ4v) is 3.08. The van der Waals surface area contributed by atoms with Gasteiger partial charge in [0.05, 0.1) is 5.02 Å². The number of aryl methyl sites for hydroxylation is 1. The smallest absolute Gasteiger partial charge is 0.331 e. The van der Waals surface area contributed by atoms with Crippen LogP contribution in [0.5, 0.6) is 0 Å². The highest BCUT2D eigenvalue weighted by Gasteiger charge is 2.26. The predicted octanol–water partition coefficient (Wildman–Crippen LogP) is 4.07. The van der Waals surface area contributed by atoms with Gasteiger partial charge in [0.25, 0.3) is 5.91 Å². The summed E-state index contributed by atoms with van der Waals surface area (Å²) in [4.78, 5) is 28.1. The van der Waals surface area contributed by atoms with Crippen LogP contribution in [0.3, 0.4) is 0 Å². The summed E-state index contributed by atoms with van der Waals surface area (Å²) in [5.41, 5.74) is 3.31. The summed E-state index contributed by atoms with van der Waals surface area (Å²) in [5, 5.41) is 3.05. The van der Waals surface area contributed by atoms with Gasteiger partial charge in [0, 0.05) is 29.7 Å². The zero-order chi connectivity index (χ0) is 19.6. The maximum absolute atomic E-state index is 12.1. The monoisotopic (exact) mass is 387 g/mol. The highest BCUT2D eigenvalue weighted by molar-refractivity contribution is 6.30. The van der Waals surface area contributed by atoms with E-state index in [1.807, 2.05) is 6.92 Å². The summed E-state index contributed by atoms with van der Waals surface area (Å²) in [6.07, 6.45) is 5.97. The van der Waals surface area contributed by atoms with Crippen LogP contribution in [0.25, 0.3) is 6.08 Å². The Labute approximate surface area is 163 Å². The van der Waals surface area contributed by atoms with Crippen molar-refractivity contribution in [2.24, 2.45) is 0 Å². The molecule has 0 spiro atoms. The molecular formula is C20H22ClN3O3. The van der Waals surface area contributed by atoms with E-state index in [0.29, 0.717) is 16.9 Å². The van der Waals surface area contributed by atoms with Crippen molar-refractivity contribution in [2.75, 3.05) is 5.32 Å². The molecule has 1 atom stereocenters. The summed E-state index contributed by atoms with van der Waals surface area (Å²) in [5.74, 6) is -0.688. The average molecular weight is 388 g/mol. The fraction of sp³-hybridized carbons (Fsp3) is 0.350. The minimum Gasteiger partial charge on any atom is -0.449 e. The zero-order valence-electron chi connectivity index (χ0n) is 15.5. The van der Waals surface area contributed by atoms with Crippen LogP contribution in [0.4, 0.5) is 5.82 Å². The quantitative estimate of drug-likeness (QED) is 0.599. The highest BCUT2D eigenvalue weighted by atomic mass is 35.5. The van der Waals surface area contributed by atoms with Crippen molar-refractivity contribution in [3.63, 3.8) is 0 Å². The number of nitrogens with zero attached hydrogens (tertiary/aromatic N) is 2. The van der Waals surface area contributed by atoms with Crippen LogP contribution in [-0.2, 0) is 14.3 Å².